The minimum Gasteiger partial charge on any atom is -0.508 e. The Balaban J connectivity index is 1.90. The van der Waals surface area contributed by atoms with Gasteiger partial charge in [0.2, 0.25) is 0 Å². The van der Waals surface area contributed by atoms with Gasteiger partial charge < -0.3 is 14.8 Å². The Bertz CT molecular complexity index is 1170. The SMILES string of the molecule is CCn1ccc2c1CC(C)C(n1c(-c3cc(C(C)C)c(O)cc3O)n[nH]c1=S)=C2. The largest absolute Gasteiger partial charge is 0.508 e. The molecule has 2 heterocycles. The summed E-state index contributed by atoms with van der Waals surface area (Å²) in [5.74, 6) is 0.941. The molecule has 7 heteroatoms. The number of nitrogens with one attached hydrogen (secondary N) is 1. The smallest absolute Gasteiger partial charge is 0.199 e. The normalized spacial score (nSPS) is 16.2. The second-order valence-electron chi connectivity index (χ2n) is 7.95. The number of phenolic OH excluding ortho intramolecular Hbond substituents is 2. The van der Waals surface area contributed by atoms with E-state index >= 15 is 0 Å². The predicted molar refractivity (Wildman–Crippen MR) is 117 cm³/mol. The Labute approximate surface area is 175 Å². The predicted octanol–water partition coefficient (Wildman–Crippen LogP) is 5.15. The lowest BCUT2D eigenvalue weighted by Crippen LogP contribution is -2.17. The number of benzene rings is 1. The Morgan fingerprint density at radius 3 is 2.72 bits per heavy atom. The van der Waals surface area contributed by atoms with E-state index in [1.807, 2.05) is 18.4 Å². The molecule has 1 aliphatic rings. The molecular weight excluding hydrogens is 384 g/mol. The Kier molecular flexibility index (Phi) is 4.86. The molecule has 2 aromatic heterocycles. The van der Waals surface area contributed by atoms with Gasteiger partial charge in [-0.3, -0.25) is 9.67 Å². The van der Waals surface area contributed by atoms with Crippen LogP contribution in [-0.4, -0.2) is 29.5 Å². The van der Waals surface area contributed by atoms with Gasteiger partial charge in [0.1, 0.15) is 11.5 Å². The number of hydrogen-bond acceptors (Lipinski definition) is 4. The minimum absolute atomic E-state index is 0.0240. The fraction of sp³-hybridized carbons (Fsp3) is 0.364. The van der Waals surface area contributed by atoms with Crippen LogP contribution in [0.4, 0.5) is 0 Å². The van der Waals surface area contributed by atoms with Crippen molar-refractivity contribution >= 4 is 24.0 Å². The maximum absolute atomic E-state index is 10.6. The van der Waals surface area contributed by atoms with Crippen molar-refractivity contribution in [3.8, 4) is 22.9 Å². The number of H-pyrrole nitrogens is 1. The Morgan fingerprint density at radius 1 is 1.28 bits per heavy atom. The number of aromatic hydroxyl groups is 2. The number of fused-ring (bicyclic) bond motifs is 1. The second-order valence-corrected chi connectivity index (χ2v) is 8.34. The van der Waals surface area contributed by atoms with E-state index in [-0.39, 0.29) is 23.3 Å². The molecule has 4 rings (SSSR count). The van der Waals surface area contributed by atoms with Gasteiger partial charge in [-0.25, -0.2) is 0 Å². The van der Waals surface area contributed by atoms with Gasteiger partial charge in [-0.2, -0.15) is 5.10 Å². The molecule has 1 aromatic carbocycles. The summed E-state index contributed by atoms with van der Waals surface area (Å²) in [4.78, 5) is 0. The molecule has 0 spiro atoms. The molecule has 0 amide bonds. The van der Waals surface area contributed by atoms with E-state index in [9.17, 15) is 10.2 Å². The molecule has 0 saturated carbocycles. The third-order valence-corrected chi connectivity index (χ3v) is 5.97. The summed E-state index contributed by atoms with van der Waals surface area (Å²) in [5.41, 5.74) is 4.86. The molecular formula is C22H26N4O2S. The zero-order valence-corrected chi connectivity index (χ0v) is 17.9. The molecule has 152 valence electrons. The van der Waals surface area contributed by atoms with Crippen molar-refractivity contribution in [3.63, 3.8) is 0 Å². The standard InChI is InChI=1S/C22H26N4O2S/c1-5-25-7-6-14-9-17(13(4)8-18(14)25)26-21(23-24-22(26)29)16-10-15(12(2)3)19(27)11-20(16)28/h6-7,9-13,27-28H,5,8H2,1-4H3,(H,24,29). The van der Waals surface area contributed by atoms with Gasteiger partial charge in [-0.15, -0.1) is 0 Å². The van der Waals surface area contributed by atoms with Crippen LogP contribution in [0.2, 0.25) is 0 Å². The van der Waals surface area contributed by atoms with Crippen LogP contribution in [0.5, 0.6) is 11.5 Å². The van der Waals surface area contributed by atoms with Crippen molar-refractivity contribution in [1.29, 1.82) is 0 Å². The van der Waals surface area contributed by atoms with Crippen LogP contribution in [0.15, 0.2) is 24.4 Å². The Hall–Kier alpha value is -2.80. The van der Waals surface area contributed by atoms with Crippen LogP contribution in [0.25, 0.3) is 23.2 Å². The first-order valence-corrected chi connectivity index (χ1v) is 10.4. The van der Waals surface area contributed by atoms with E-state index in [4.69, 9.17) is 12.2 Å². The zero-order valence-electron chi connectivity index (χ0n) is 17.1. The molecule has 29 heavy (non-hydrogen) atoms. The van der Waals surface area contributed by atoms with Gasteiger partial charge in [0, 0.05) is 36.1 Å². The molecule has 3 aromatic rings. The van der Waals surface area contributed by atoms with Crippen LogP contribution in [0.1, 0.15) is 50.4 Å². The van der Waals surface area contributed by atoms with Crippen LogP contribution < -0.4 is 0 Å². The molecule has 0 saturated heterocycles. The summed E-state index contributed by atoms with van der Waals surface area (Å²) < 4.78 is 4.66. The molecule has 1 atom stereocenters. The maximum atomic E-state index is 10.6. The Morgan fingerprint density at radius 2 is 2.03 bits per heavy atom. The number of allylic oxidation sites excluding steroid dienone is 1. The average molecular weight is 411 g/mol. The summed E-state index contributed by atoms with van der Waals surface area (Å²) >= 11 is 5.55. The first kappa shape index (κ1) is 19.5. The van der Waals surface area contributed by atoms with Crippen molar-refractivity contribution in [2.24, 2.45) is 5.92 Å². The van der Waals surface area contributed by atoms with Gasteiger partial charge in [-0.05, 0) is 60.8 Å². The fourth-order valence-corrected chi connectivity index (χ4v) is 4.36. The summed E-state index contributed by atoms with van der Waals surface area (Å²) in [7, 11) is 0. The highest BCUT2D eigenvalue weighted by molar-refractivity contribution is 7.71. The lowest BCUT2D eigenvalue weighted by atomic mass is 9.92. The van der Waals surface area contributed by atoms with Crippen LogP contribution in [0.3, 0.4) is 0 Å². The highest BCUT2D eigenvalue weighted by Crippen LogP contribution is 2.40. The van der Waals surface area contributed by atoms with E-state index in [1.165, 1.54) is 17.3 Å². The number of rotatable bonds is 4. The summed E-state index contributed by atoms with van der Waals surface area (Å²) in [6, 6.07) is 5.30. The van der Waals surface area contributed by atoms with E-state index in [0.29, 0.717) is 16.2 Å². The first-order valence-electron chi connectivity index (χ1n) is 9.95. The molecule has 0 aliphatic heterocycles. The molecule has 3 N–H and O–H groups in total. The monoisotopic (exact) mass is 410 g/mol. The number of phenols is 2. The highest BCUT2D eigenvalue weighted by Gasteiger charge is 2.26. The molecule has 0 bridgehead atoms. The van der Waals surface area contributed by atoms with Gasteiger partial charge in [0.25, 0.3) is 0 Å². The fourth-order valence-electron chi connectivity index (χ4n) is 4.12. The van der Waals surface area contributed by atoms with Crippen molar-refractivity contribution < 1.29 is 10.2 Å². The van der Waals surface area contributed by atoms with Crippen molar-refractivity contribution in [3.05, 3.63) is 46.0 Å². The lowest BCUT2D eigenvalue weighted by molar-refractivity contribution is 0.444. The minimum atomic E-state index is -0.0240. The molecule has 1 aliphatic carbocycles. The van der Waals surface area contributed by atoms with E-state index in [2.05, 4.69) is 47.0 Å². The first-order chi connectivity index (χ1) is 13.8. The van der Waals surface area contributed by atoms with Gasteiger partial charge in [-0.1, -0.05) is 20.8 Å². The van der Waals surface area contributed by atoms with Gasteiger partial charge >= 0.3 is 0 Å². The third kappa shape index (κ3) is 3.19. The quantitative estimate of drug-likeness (QED) is 0.520. The van der Waals surface area contributed by atoms with Crippen LogP contribution >= 0.6 is 12.2 Å². The molecule has 1 unspecified atom stereocenters. The summed E-state index contributed by atoms with van der Waals surface area (Å²) in [6.07, 6.45) is 5.19. The number of nitrogens with zero attached hydrogens (tertiary/aromatic N) is 3. The van der Waals surface area contributed by atoms with Gasteiger partial charge in [0.05, 0.1) is 5.56 Å². The van der Waals surface area contributed by atoms with Crippen LogP contribution in [0, 0.1) is 10.7 Å². The third-order valence-electron chi connectivity index (χ3n) is 5.70. The van der Waals surface area contributed by atoms with Gasteiger partial charge in [0.15, 0.2) is 10.6 Å². The summed E-state index contributed by atoms with van der Waals surface area (Å²) in [5, 5.41) is 28.1. The molecule has 0 radical (unpaired) electrons. The number of aryl methyl sites for hydroxylation is 1. The zero-order chi connectivity index (χ0) is 20.9. The number of aromatic nitrogens is 4. The van der Waals surface area contributed by atoms with Crippen molar-refractivity contribution in [2.75, 3.05) is 0 Å². The second kappa shape index (κ2) is 7.22. The lowest BCUT2D eigenvalue weighted by Gasteiger charge is -2.24. The highest BCUT2D eigenvalue weighted by atomic mass is 32.1. The van der Waals surface area contributed by atoms with E-state index in [0.717, 1.165) is 24.2 Å². The van der Waals surface area contributed by atoms with E-state index in [1.54, 1.807) is 6.07 Å². The van der Waals surface area contributed by atoms with Crippen molar-refractivity contribution in [1.82, 2.24) is 19.3 Å². The number of aromatic amines is 1. The summed E-state index contributed by atoms with van der Waals surface area (Å²) in [6.45, 7) is 9.27. The van der Waals surface area contributed by atoms with E-state index < -0.39 is 0 Å². The van der Waals surface area contributed by atoms with Crippen molar-refractivity contribution in [2.45, 2.75) is 46.6 Å². The molecule has 6 nitrogen and oxygen atoms in total. The maximum Gasteiger partial charge on any atom is 0.199 e. The van der Waals surface area contributed by atoms with Crippen LogP contribution in [-0.2, 0) is 13.0 Å². The average Bonchev–Trinajstić information content (AvgIpc) is 3.23. The number of hydrogen-bond donors (Lipinski definition) is 3. The topological polar surface area (TPSA) is 79.0 Å². The molecule has 0 fully saturated rings.